The van der Waals surface area contributed by atoms with E-state index in [2.05, 4.69) is 38.1 Å². The Morgan fingerprint density at radius 1 is 0.769 bits per heavy atom. The molecule has 3 heteroatoms. The normalized spacial score (nSPS) is 13.1. The highest BCUT2D eigenvalue weighted by atomic mass is 16.9. The molecule has 0 saturated heterocycles. The third-order valence-corrected chi connectivity index (χ3v) is 4.87. The van der Waals surface area contributed by atoms with E-state index in [-0.39, 0.29) is 5.92 Å². The van der Waals surface area contributed by atoms with Crippen molar-refractivity contribution < 1.29 is 14.2 Å². The van der Waals surface area contributed by atoms with Gasteiger partial charge in [-0.3, -0.25) is 0 Å². The van der Waals surface area contributed by atoms with Crippen LogP contribution in [-0.2, 0) is 14.2 Å². The summed E-state index contributed by atoms with van der Waals surface area (Å²) >= 11 is 0. The summed E-state index contributed by atoms with van der Waals surface area (Å²) in [5.74, 6) is -0.914. The Bertz CT molecular complexity index is 455. The molecule has 0 saturated carbocycles. The lowest BCUT2D eigenvalue weighted by Gasteiger charge is -2.40. The van der Waals surface area contributed by atoms with Crippen LogP contribution < -0.4 is 0 Å². The van der Waals surface area contributed by atoms with Crippen LogP contribution >= 0.6 is 0 Å². The molecule has 1 unspecified atom stereocenters. The summed E-state index contributed by atoms with van der Waals surface area (Å²) < 4.78 is 18.4. The largest absolute Gasteiger partial charge is 0.327 e. The van der Waals surface area contributed by atoms with Crippen LogP contribution in [0.3, 0.4) is 0 Å². The first-order valence-corrected chi connectivity index (χ1v) is 10.6. The molecule has 1 aromatic rings. The molecular weight excluding hydrogens is 324 g/mol. The van der Waals surface area contributed by atoms with Crippen molar-refractivity contribution >= 4 is 0 Å². The molecule has 0 bridgehead atoms. The van der Waals surface area contributed by atoms with Gasteiger partial charge in [0.1, 0.15) is 0 Å². The number of aryl methyl sites for hydroxylation is 1. The number of rotatable bonds is 15. The van der Waals surface area contributed by atoms with Gasteiger partial charge in [0, 0.05) is 19.8 Å². The highest BCUT2D eigenvalue weighted by Crippen LogP contribution is 2.39. The lowest BCUT2D eigenvalue weighted by Crippen LogP contribution is -2.45. The van der Waals surface area contributed by atoms with Crippen molar-refractivity contribution in [3.8, 4) is 0 Å². The maximum absolute atomic E-state index is 6.13. The van der Waals surface area contributed by atoms with E-state index in [0.717, 1.165) is 12.8 Å². The van der Waals surface area contributed by atoms with Crippen molar-refractivity contribution in [1.82, 2.24) is 0 Å². The number of hydrogen-bond acceptors (Lipinski definition) is 3. The molecule has 0 radical (unpaired) electrons. The minimum atomic E-state index is -0.992. The number of benzene rings is 1. The van der Waals surface area contributed by atoms with Crippen molar-refractivity contribution in [2.45, 2.75) is 91.5 Å². The zero-order chi connectivity index (χ0) is 19.3. The Morgan fingerprint density at radius 2 is 1.31 bits per heavy atom. The SMILES string of the molecule is CCCCCCCCC(c1ccccc1C)C(OCC)(OCC)OCC. The summed E-state index contributed by atoms with van der Waals surface area (Å²) in [4.78, 5) is 0. The summed E-state index contributed by atoms with van der Waals surface area (Å²) in [6.07, 6.45) is 8.69. The average Bonchev–Trinajstić information content (AvgIpc) is 2.63. The quantitative estimate of drug-likeness (QED) is 0.259. The Hall–Kier alpha value is -0.900. The second-order valence-electron chi connectivity index (χ2n) is 6.87. The summed E-state index contributed by atoms with van der Waals surface area (Å²) in [6, 6.07) is 8.55. The topological polar surface area (TPSA) is 27.7 Å². The standard InChI is InChI=1S/C23H40O3/c1-6-10-11-12-13-14-19-22(21-18-16-15-17-20(21)5)23(24-7-2,25-8-3)26-9-4/h15-18,22H,6-14,19H2,1-5H3. The molecule has 0 aliphatic heterocycles. The van der Waals surface area contributed by atoms with Crippen LogP contribution in [0.1, 0.15) is 89.7 Å². The van der Waals surface area contributed by atoms with E-state index in [4.69, 9.17) is 14.2 Å². The van der Waals surface area contributed by atoms with Gasteiger partial charge in [0.15, 0.2) is 0 Å². The van der Waals surface area contributed by atoms with Gasteiger partial charge in [0.25, 0.3) is 5.97 Å². The van der Waals surface area contributed by atoms with Gasteiger partial charge in [0.05, 0.1) is 5.92 Å². The van der Waals surface area contributed by atoms with Gasteiger partial charge >= 0.3 is 0 Å². The van der Waals surface area contributed by atoms with Crippen LogP contribution in [-0.4, -0.2) is 25.8 Å². The van der Waals surface area contributed by atoms with Crippen molar-refractivity contribution in [3.05, 3.63) is 35.4 Å². The Morgan fingerprint density at radius 3 is 1.85 bits per heavy atom. The summed E-state index contributed by atoms with van der Waals surface area (Å²) in [6.45, 7) is 12.1. The second-order valence-corrected chi connectivity index (χ2v) is 6.87. The Balaban J connectivity index is 3.01. The fourth-order valence-corrected chi connectivity index (χ4v) is 3.66. The zero-order valence-electron chi connectivity index (χ0n) is 17.7. The van der Waals surface area contributed by atoms with E-state index < -0.39 is 5.97 Å². The van der Waals surface area contributed by atoms with Crippen molar-refractivity contribution in [1.29, 1.82) is 0 Å². The molecule has 1 aromatic carbocycles. The van der Waals surface area contributed by atoms with Gasteiger partial charge in [-0.05, 0) is 45.2 Å². The van der Waals surface area contributed by atoms with Gasteiger partial charge < -0.3 is 14.2 Å². The highest BCUT2D eigenvalue weighted by molar-refractivity contribution is 5.30. The van der Waals surface area contributed by atoms with Gasteiger partial charge in [-0.15, -0.1) is 0 Å². The molecule has 0 aliphatic rings. The fourth-order valence-electron chi connectivity index (χ4n) is 3.66. The predicted molar refractivity (Wildman–Crippen MR) is 110 cm³/mol. The monoisotopic (exact) mass is 364 g/mol. The maximum Gasteiger partial charge on any atom is 0.290 e. The molecule has 0 aromatic heterocycles. The molecule has 1 atom stereocenters. The number of ether oxygens (including phenoxy) is 3. The molecular formula is C23H40O3. The third kappa shape index (κ3) is 7.02. The van der Waals surface area contributed by atoms with E-state index >= 15 is 0 Å². The zero-order valence-corrected chi connectivity index (χ0v) is 17.7. The van der Waals surface area contributed by atoms with Crippen LogP contribution in [0.25, 0.3) is 0 Å². The van der Waals surface area contributed by atoms with Gasteiger partial charge in [-0.25, -0.2) is 0 Å². The van der Waals surface area contributed by atoms with Crippen molar-refractivity contribution in [2.75, 3.05) is 19.8 Å². The Kier molecular flexibility index (Phi) is 11.8. The third-order valence-electron chi connectivity index (χ3n) is 4.87. The first-order chi connectivity index (χ1) is 12.6. The van der Waals surface area contributed by atoms with E-state index in [1.807, 2.05) is 20.8 Å². The first-order valence-electron chi connectivity index (χ1n) is 10.6. The maximum atomic E-state index is 6.13. The smallest absolute Gasteiger partial charge is 0.290 e. The molecule has 26 heavy (non-hydrogen) atoms. The molecule has 150 valence electrons. The first kappa shape index (κ1) is 23.1. The minimum absolute atomic E-state index is 0.0784. The van der Waals surface area contributed by atoms with Crippen LogP contribution in [0.2, 0.25) is 0 Å². The summed E-state index contributed by atoms with van der Waals surface area (Å²) in [5, 5.41) is 0. The number of unbranched alkanes of at least 4 members (excludes halogenated alkanes) is 5. The van der Waals surface area contributed by atoms with Crippen LogP contribution in [0.5, 0.6) is 0 Å². The summed E-state index contributed by atoms with van der Waals surface area (Å²) in [5.41, 5.74) is 2.54. The highest BCUT2D eigenvalue weighted by Gasteiger charge is 2.43. The molecule has 0 fully saturated rings. The molecule has 1 rings (SSSR count). The molecule has 0 heterocycles. The van der Waals surface area contributed by atoms with Crippen LogP contribution in [0, 0.1) is 6.92 Å². The summed E-state index contributed by atoms with van der Waals surface area (Å²) in [7, 11) is 0. The van der Waals surface area contributed by atoms with Gasteiger partial charge in [0.2, 0.25) is 0 Å². The van der Waals surface area contributed by atoms with Crippen molar-refractivity contribution in [2.24, 2.45) is 0 Å². The van der Waals surface area contributed by atoms with Gasteiger partial charge in [-0.1, -0.05) is 69.7 Å². The lowest BCUT2D eigenvalue weighted by molar-refractivity contribution is -0.389. The fraction of sp³-hybridized carbons (Fsp3) is 0.739. The van der Waals surface area contributed by atoms with Gasteiger partial charge in [-0.2, -0.15) is 0 Å². The van der Waals surface area contributed by atoms with Crippen LogP contribution in [0.4, 0.5) is 0 Å². The molecule has 0 N–H and O–H groups in total. The average molecular weight is 365 g/mol. The predicted octanol–water partition coefficient (Wildman–Crippen LogP) is 6.59. The van der Waals surface area contributed by atoms with E-state index in [9.17, 15) is 0 Å². The number of hydrogen-bond donors (Lipinski definition) is 0. The molecule has 3 nitrogen and oxygen atoms in total. The van der Waals surface area contributed by atoms with E-state index in [1.54, 1.807) is 0 Å². The van der Waals surface area contributed by atoms with Crippen molar-refractivity contribution in [3.63, 3.8) is 0 Å². The molecule has 0 spiro atoms. The molecule has 0 aliphatic carbocycles. The Labute approximate surface area is 161 Å². The van der Waals surface area contributed by atoms with E-state index in [1.165, 1.54) is 43.2 Å². The second kappa shape index (κ2) is 13.3. The minimum Gasteiger partial charge on any atom is -0.327 e. The van der Waals surface area contributed by atoms with E-state index in [0.29, 0.717) is 19.8 Å². The molecule has 0 amide bonds. The van der Waals surface area contributed by atoms with Crippen LogP contribution in [0.15, 0.2) is 24.3 Å². The lowest BCUT2D eigenvalue weighted by atomic mass is 9.87.